The first-order valence-corrected chi connectivity index (χ1v) is 14.9. The highest BCUT2D eigenvalue weighted by Gasteiger charge is 2.39. The van der Waals surface area contributed by atoms with Gasteiger partial charge in [-0.1, -0.05) is 57.5 Å². The molecule has 0 radical (unpaired) electrons. The van der Waals surface area contributed by atoms with Crippen LogP contribution in [0.4, 0.5) is 10.5 Å². The van der Waals surface area contributed by atoms with Crippen LogP contribution in [0.1, 0.15) is 91.8 Å². The highest BCUT2D eigenvalue weighted by molar-refractivity contribution is 5.99. The molecule has 0 bridgehead atoms. The summed E-state index contributed by atoms with van der Waals surface area (Å²) in [4.78, 5) is 43.2. The van der Waals surface area contributed by atoms with E-state index >= 15 is 0 Å². The van der Waals surface area contributed by atoms with Crippen molar-refractivity contribution in [1.29, 1.82) is 0 Å². The van der Waals surface area contributed by atoms with Crippen molar-refractivity contribution in [3.05, 3.63) is 59.7 Å². The maximum atomic E-state index is 14.5. The zero-order valence-electron chi connectivity index (χ0n) is 27.1. The molecule has 0 spiro atoms. The van der Waals surface area contributed by atoms with Crippen molar-refractivity contribution in [3.63, 3.8) is 0 Å². The summed E-state index contributed by atoms with van der Waals surface area (Å²) in [6.45, 7) is 17.6. The van der Waals surface area contributed by atoms with Gasteiger partial charge in [0.25, 0.3) is 5.91 Å². The molecule has 2 aromatic carbocycles. The maximum absolute atomic E-state index is 14.5. The van der Waals surface area contributed by atoms with Crippen LogP contribution in [0.2, 0.25) is 0 Å². The Balaban J connectivity index is 2.60. The topological polar surface area (TPSA) is 97.0 Å². The largest absolute Gasteiger partial charge is 0.497 e. The van der Waals surface area contributed by atoms with Gasteiger partial charge in [-0.25, -0.2) is 4.79 Å². The zero-order valence-corrected chi connectivity index (χ0v) is 27.1. The first kappa shape index (κ1) is 34.7. The lowest BCUT2D eigenvalue weighted by atomic mass is 9.95. The second-order valence-corrected chi connectivity index (χ2v) is 12.9. The standard InChI is InChI=1S/C34H51N3O5/c1-22(2)11-14-25(6)37(32(39)29(21-23(3)4)36-33(40)42-34(7,8)9)30(26-15-12-24(5)13-16-26)31(38)35-27-17-19-28(41-10)20-18-27/h12-13,15-20,22-23,25,29-30H,11,14,21H2,1-10H3,(H,35,38)(H,36,40). The van der Waals surface area contributed by atoms with Crippen LogP contribution < -0.4 is 15.4 Å². The minimum atomic E-state index is -0.933. The number of alkyl carbamates (subject to hydrolysis) is 1. The average Bonchev–Trinajstić information content (AvgIpc) is 2.89. The Bertz CT molecular complexity index is 1150. The van der Waals surface area contributed by atoms with Gasteiger partial charge in [0.15, 0.2) is 0 Å². The number of amides is 3. The fraction of sp³-hybridized carbons (Fsp3) is 0.559. The molecule has 0 heterocycles. The Kier molecular flexibility index (Phi) is 12.9. The van der Waals surface area contributed by atoms with Gasteiger partial charge in [0, 0.05) is 11.7 Å². The summed E-state index contributed by atoms with van der Waals surface area (Å²) in [6.07, 6.45) is 1.31. The van der Waals surface area contributed by atoms with E-state index in [4.69, 9.17) is 9.47 Å². The Morgan fingerprint density at radius 1 is 0.857 bits per heavy atom. The maximum Gasteiger partial charge on any atom is 0.408 e. The number of hydrogen-bond donors (Lipinski definition) is 2. The van der Waals surface area contributed by atoms with Crippen LogP contribution in [0, 0.1) is 18.8 Å². The van der Waals surface area contributed by atoms with Crippen LogP contribution >= 0.6 is 0 Å². The monoisotopic (exact) mass is 581 g/mol. The fourth-order valence-corrected chi connectivity index (χ4v) is 4.71. The number of methoxy groups -OCH3 is 1. The highest BCUT2D eigenvalue weighted by Crippen LogP contribution is 2.30. The molecule has 3 unspecified atom stereocenters. The van der Waals surface area contributed by atoms with Crippen molar-refractivity contribution < 1.29 is 23.9 Å². The van der Waals surface area contributed by atoms with Crippen LogP contribution in [-0.2, 0) is 14.3 Å². The third-order valence-electron chi connectivity index (χ3n) is 6.86. The Morgan fingerprint density at radius 3 is 1.95 bits per heavy atom. The molecule has 0 aromatic heterocycles. The number of nitrogens with zero attached hydrogens (tertiary/aromatic N) is 1. The van der Waals surface area contributed by atoms with Gasteiger partial charge in [-0.05, 0) is 95.5 Å². The molecule has 232 valence electrons. The van der Waals surface area contributed by atoms with E-state index in [1.54, 1.807) is 57.0 Å². The van der Waals surface area contributed by atoms with Gasteiger partial charge < -0.3 is 25.0 Å². The fourth-order valence-electron chi connectivity index (χ4n) is 4.71. The van der Waals surface area contributed by atoms with E-state index in [0.717, 1.165) is 12.0 Å². The van der Waals surface area contributed by atoms with Crippen molar-refractivity contribution in [1.82, 2.24) is 10.2 Å². The van der Waals surface area contributed by atoms with E-state index in [0.29, 0.717) is 35.8 Å². The van der Waals surface area contributed by atoms with E-state index in [-0.39, 0.29) is 23.8 Å². The molecular formula is C34H51N3O5. The molecule has 0 saturated heterocycles. The van der Waals surface area contributed by atoms with Gasteiger partial charge in [0.2, 0.25) is 5.91 Å². The lowest BCUT2D eigenvalue weighted by Gasteiger charge is -2.39. The zero-order chi connectivity index (χ0) is 31.6. The molecule has 0 aliphatic heterocycles. The molecule has 2 aromatic rings. The van der Waals surface area contributed by atoms with Crippen molar-refractivity contribution in [3.8, 4) is 5.75 Å². The molecule has 0 fully saturated rings. The first-order valence-electron chi connectivity index (χ1n) is 14.9. The minimum absolute atomic E-state index is 0.104. The van der Waals surface area contributed by atoms with E-state index < -0.39 is 23.8 Å². The molecule has 8 nitrogen and oxygen atoms in total. The molecule has 3 amide bonds. The number of anilines is 1. The summed E-state index contributed by atoms with van der Waals surface area (Å²) in [6, 6.07) is 12.6. The van der Waals surface area contributed by atoms with Gasteiger partial charge in [-0.2, -0.15) is 0 Å². The van der Waals surface area contributed by atoms with Crippen molar-refractivity contribution in [2.45, 2.75) is 105 Å². The number of rotatable bonds is 13. The third-order valence-corrected chi connectivity index (χ3v) is 6.86. The average molecular weight is 582 g/mol. The predicted octanol–water partition coefficient (Wildman–Crippen LogP) is 7.28. The number of benzene rings is 2. The van der Waals surface area contributed by atoms with E-state index in [9.17, 15) is 14.4 Å². The molecule has 3 atom stereocenters. The minimum Gasteiger partial charge on any atom is -0.497 e. The van der Waals surface area contributed by atoms with Crippen molar-refractivity contribution in [2.24, 2.45) is 11.8 Å². The summed E-state index contributed by atoms with van der Waals surface area (Å²) in [5, 5.41) is 5.84. The molecular weight excluding hydrogens is 530 g/mol. The highest BCUT2D eigenvalue weighted by atomic mass is 16.6. The van der Waals surface area contributed by atoms with Gasteiger partial charge in [0.05, 0.1) is 7.11 Å². The summed E-state index contributed by atoms with van der Waals surface area (Å²) >= 11 is 0. The lowest BCUT2D eigenvalue weighted by molar-refractivity contribution is -0.144. The summed E-state index contributed by atoms with van der Waals surface area (Å²) in [7, 11) is 1.59. The van der Waals surface area contributed by atoms with Crippen LogP contribution in [0.3, 0.4) is 0 Å². The van der Waals surface area contributed by atoms with Crippen LogP contribution in [0.25, 0.3) is 0 Å². The second kappa shape index (κ2) is 15.6. The van der Waals surface area contributed by atoms with Gasteiger partial charge >= 0.3 is 6.09 Å². The lowest BCUT2D eigenvalue weighted by Crippen LogP contribution is -2.55. The Labute approximate surface area is 252 Å². The number of ether oxygens (including phenoxy) is 2. The molecule has 0 aliphatic rings. The summed E-state index contributed by atoms with van der Waals surface area (Å²) < 4.78 is 10.8. The number of nitrogens with one attached hydrogen (secondary N) is 2. The van der Waals surface area contributed by atoms with Gasteiger partial charge in [-0.3, -0.25) is 9.59 Å². The number of aryl methyl sites for hydroxylation is 1. The first-order chi connectivity index (χ1) is 19.6. The SMILES string of the molecule is COc1ccc(NC(=O)C(c2ccc(C)cc2)N(C(=O)C(CC(C)C)NC(=O)OC(C)(C)C)C(C)CCC(C)C)cc1. The van der Waals surface area contributed by atoms with Crippen molar-refractivity contribution in [2.75, 3.05) is 12.4 Å². The Morgan fingerprint density at radius 2 is 1.45 bits per heavy atom. The second-order valence-electron chi connectivity index (χ2n) is 12.9. The summed E-state index contributed by atoms with van der Waals surface area (Å²) in [5.74, 6) is 0.539. The molecule has 0 aliphatic carbocycles. The molecule has 8 heteroatoms. The Hall–Kier alpha value is -3.55. The van der Waals surface area contributed by atoms with E-state index in [2.05, 4.69) is 24.5 Å². The molecule has 2 N–H and O–H groups in total. The number of carbonyl (C=O) groups is 3. The normalized spacial score (nSPS) is 13.7. The molecule has 0 saturated carbocycles. The van der Waals surface area contributed by atoms with E-state index in [1.807, 2.05) is 52.0 Å². The van der Waals surface area contributed by atoms with Crippen LogP contribution in [-0.4, -0.2) is 47.6 Å². The van der Waals surface area contributed by atoms with E-state index in [1.165, 1.54) is 0 Å². The number of carbonyl (C=O) groups excluding carboxylic acids is 3. The third kappa shape index (κ3) is 11.0. The summed E-state index contributed by atoms with van der Waals surface area (Å²) in [5.41, 5.74) is 1.60. The molecule has 42 heavy (non-hydrogen) atoms. The quantitative estimate of drug-likeness (QED) is 0.259. The predicted molar refractivity (Wildman–Crippen MR) is 169 cm³/mol. The van der Waals surface area contributed by atoms with Crippen molar-refractivity contribution >= 4 is 23.6 Å². The smallest absolute Gasteiger partial charge is 0.408 e. The van der Waals surface area contributed by atoms with Crippen LogP contribution in [0.5, 0.6) is 5.75 Å². The molecule has 2 rings (SSSR count). The van der Waals surface area contributed by atoms with Gasteiger partial charge in [0.1, 0.15) is 23.4 Å². The van der Waals surface area contributed by atoms with Crippen LogP contribution in [0.15, 0.2) is 48.5 Å². The number of hydrogen-bond acceptors (Lipinski definition) is 5. The van der Waals surface area contributed by atoms with Gasteiger partial charge in [-0.15, -0.1) is 0 Å².